The second-order valence-electron chi connectivity index (χ2n) is 6.83. The molecule has 2 amide bonds. The predicted molar refractivity (Wildman–Crippen MR) is 104 cm³/mol. The van der Waals surface area contributed by atoms with Crippen LogP contribution in [-0.2, 0) is 16.0 Å². The van der Waals surface area contributed by atoms with E-state index in [0.29, 0.717) is 13.0 Å². The normalized spacial score (nSPS) is 12.9. The predicted octanol–water partition coefficient (Wildman–Crippen LogP) is 1.33. The molecular formula is C21H27FN3O2+. The van der Waals surface area contributed by atoms with Crippen molar-refractivity contribution in [1.82, 2.24) is 5.32 Å². The van der Waals surface area contributed by atoms with Gasteiger partial charge >= 0.3 is 0 Å². The summed E-state index contributed by atoms with van der Waals surface area (Å²) in [4.78, 5) is 25.3. The molecule has 0 saturated carbocycles. The zero-order valence-electron chi connectivity index (χ0n) is 16.0. The monoisotopic (exact) mass is 372 g/mol. The summed E-state index contributed by atoms with van der Waals surface area (Å²) < 4.78 is 12.9. The van der Waals surface area contributed by atoms with Gasteiger partial charge in [0.25, 0.3) is 11.8 Å². The van der Waals surface area contributed by atoms with Gasteiger partial charge in [-0.3, -0.25) is 9.59 Å². The number of amides is 2. The number of likely N-dealkylation sites (N-methyl/N-ethyl adjacent to an activating group) is 1. The summed E-state index contributed by atoms with van der Waals surface area (Å²) >= 11 is 0. The fraction of sp³-hybridized carbons (Fsp3) is 0.333. The molecule has 0 spiro atoms. The average Bonchev–Trinajstić information content (AvgIpc) is 2.64. The third kappa shape index (κ3) is 6.83. The van der Waals surface area contributed by atoms with Gasteiger partial charge in [-0.25, -0.2) is 4.39 Å². The quantitative estimate of drug-likeness (QED) is 0.655. The minimum atomic E-state index is -0.359. The molecule has 1 unspecified atom stereocenters. The lowest BCUT2D eigenvalue weighted by molar-refractivity contribution is -0.885. The zero-order chi connectivity index (χ0) is 19.8. The van der Waals surface area contributed by atoms with E-state index in [9.17, 15) is 14.0 Å². The number of hydrogen-bond donors (Lipinski definition) is 3. The first-order valence-corrected chi connectivity index (χ1v) is 9.06. The van der Waals surface area contributed by atoms with Crippen molar-refractivity contribution in [2.75, 3.05) is 25.5 Å². The Kier molecular flexibility index (Phi) is 7.49. The maximum Gasteiger partial charge on any atom is 0.279 e. The Morgan fingerprint density at radius 2 is 1.70 bits per heavy atom. The van der Waals surface area contributed by atoms with Crippen molar-refractivity contribution >= 4 is 17.5 Å². The lowest BCUT2D eigenvalue weighted by Gasteiger charge is -2.20. The van der Waals surface area contributed by atoms with Crippen molar-refractivity contribution < 1.29 is 18.9 Å². The molecule has 5 nitrogen and oxygen atoms in total. The van der Waals surface area contributed by atoms with Crippen molar-refractivity contribution in [1.29, 1.82) is 0 Å². The zero-order valence-corrected chi connectivity index (χ0v) is 16.0. The Labute approximate surface area is 159 Å². The number of carbonyl (C=O) groups excluding carboxylic acids is 2. The number of nitrogens with one attached hydrogen (secondary N) is 3. The molecule has 0 aliphatic carbocycles. The largest absolute Gasteiger partial charge is 0.351 e. The van der Waals surface area contributed by atoms with Crippen LogP contribution in [0.5, 0.6) is 0 Å². The average molecular weight is 372 g/mol. The molecule has 144 valence electrons. The van der Waals surface area contributed by atoms with Crippen LogP contribution in [0.4, 0.5) is 10.1 Å². The van der Waals surface area contributed by atoms with E-state index in [-0.39, 0.29) is 30.2 Å². The highest BCUT2D eigenvalue weighted by Gasteiger charge is 2.23. The van der Waals surface area contributed by atoms with Crippen LogP contribution in [0.2, 0.25) is 0 Å². The fourth-order valence-electron chi connectivity index (χ4n) is 2.61. The van der Waals surface area contributed by atoms with Gasteiger partial charge in [0.05, 0.1) is 7.05 Å². The van der Waals surface area contributed by atoms with Gasteiger partial charge in [0, 0.05) is 12.2 Å². The van der Waals surface area contributed by atoms with Crippen LogP contribution < -0.4 is 15.5 Å². The maximum atomic E-state index is 12.9. The van der Waals surface area contributed by atoms with E-state index in [2.05, 4.69) is 10.6 Å². The van der Waals surface area contributed by atoms with E-state index in [4.69, 9.17) is 0 Å². The number of hydrogen-bond acceptors (Lipinski definition) is 2. The molecule has 27 heavy (non-hydrogen) atoms. The Hall–Kier alpha value is -2.73. The molecular weight excluding hydrogens is 345 g/mol. The van der Waals surface area contributed by atoms with E-state index in [1.165, 1.54) is 12.1 Å². The van der Waals surface area contributed by atoms with Crippen molar-refractivity contribution in [2.24, 2.45) is 0 Å². The van der Waals surface area contributed by atoms with Crippen LogP contribution >= 0.6 is 0 Å². The van der Waals surface area contributed by atoms with Gasteiger partial charge in [-0.05, 0) is 50.1 Å². The highest BCUT2D eigenvalue weighted by Crippen LogP contribution is 2.07. The number of aryl methyl sites for hydroxylation is 1. The fourth-order valence-corrected chi connectivity index (χ4v) is 2.61. The molecule has 0 fully saturated rings. The second-order valence-corrected chi connectivity index (χ2v) is 6.83. The summed E-state index contributed by atoms with van der Waals surface area (Å²) in [6.07, 6.45) is 0.631. The molecule has 0 saturated heterocycles. The molecule has 0 radical (unpaired) electrons. The third-order valence-electron chi connectivity index (χ3n) is 4.53. The first kappa shape index (κ1) is 20.6. The molecule has 2 rings (SSSR count). The number of halogens is 1. The second kappa shape index (κ2) is 9.83. The van der Waals surface area contributed by atoms with Gasteiger partial charge in [0.2, 0.25) is 0 Å². The van der Waals surface area contributed by atoms with E-state index in [1.54, 1.807) is 19.1 Å². The Morgan fingerprint density at radius 1 is 1.07 bits per heavy atom. The Morgan fingerprint density at radius 3 is 2.33 bits per heavy atom. The summed E-state index contributed by atoms with van der Waals surface area (Å²) in [5.41, 5.74) is 2.83. The summed E-state index contributed by atoms with van der Waals surface area (Å²) in [6.45, 7) is 4.44. The summed E-state index contributed by atoms with van der Waals surface area (Å²) in [5.74, 6) is -0.523. The third-order valence-corrected chi connectivity index (χ3v) is 4.53. The van der Waals surface area contributed by atoms with E-state index >= 15 is 0 Å². The van der Waals surface area contributed by atoms with Gasteiger partial charge in [-0.2, -0.15) is 0 Å². The number of anilines is 1. The van der Waals surface area contributed by atoms with Crippen LogP contribution in [-0.4, -0.2) is 38.0 Å². The smallest absolute Gasteiger partial charge is 0.279 e. The minimum absolute atomic E-state index is 0.113. The van der Waals surface area contributed by atoms with Gasteiger partial charge in [-0.15, -0.1) is 0 Å². The molecule has 6 heteroatoms. The van der Waals surface area contributed by atoms with Gasteiger partial charge in [-0.1, -0.05) is 29.8 Å². The van der Waals surface area contributed by atoms with Crippen molar-refractivity contribution in [3.8, 4) is 0 Å². The molecule has 2 aromatic rings. The lowest BCUT2D eigenvalue weighted by atomic mass is 10.1. The molecule has 2 aromatic carbocycles. The summed E-state index contributed by atoms with van der Waals surface area (Å²) in [5, 5.41) is 5.71. The van der Waals surface area contributed by atoms with Gasteiger partial charge in [0.15, 0.2) is 12.6 Å². The number of rotatable bonds is 8. The standard InChI is InChI=1S/C21H26FN3O2/c1-15-4-10-19(11-5-15)24-20(26)14-25(3)16(2)21(27)23-13-12-17-6-8-18(22)9-7-17/h4-11,16H,12-14H2,1-3H3,(H,23,27)(H,24,26)/p+1/t16-/m0/s1. The van der Waals surface area contributed by atoms with Crippen LogP contribution in [0.3, 0.4) is 0 Å². The van der Waals surface area contributed by atoms with Gasteiger partial charge in [0.1, 0.15) is 5.82 Å². The molecule has 3 N–H and O–H groups in total. The van der Waals surface area contributed by atoms with Crippen LogP contribution in [0.15, 0.2) is 48.5 Å². The maximum absolute atomic E-state index is 12.9. The molecule has 2 atom stereocenters. The van der Waals surface area contributed by atoms with E-state index in [0.717, 1.165) is 21.7 Å². The first-order valence-electron chi connectivity index (χ1n) is 9.06. The molecule has 0 aromatic heterocycles. The SMILES string of the molecule is Cc1ccc(NC(=O)C[NH+](C)[C@@H](C)C(=O)NCCc2ccc(F)cc2)cc1. The molecule has 0 aliphatic heterocycles. The molecule has 0 bridgehead atoms. The molecule has 0 aliphatic rings. The highest BCUT2D eigenvalue weighted by molar-refractivity contribution is 5.91. The van der Waals surface area contributed by atoms with Crippen LogP contribution in [0, 0.1) is 12.7 Å². The summed E-state index contributed by atoms with van der Waals surface area (Å²) in [6, 6.07) is 13.4. The van der Waals surface area contributed by atoms with Crippen LogP contribution in [0.1, 0.15) is 18.1 Å². The first-order chi connectivity index (χ1) is 12.8. The van der Waals surface area contributed by atoms with Crippen molar-refractivity contribution in [3.63, 3.8) is 0 Å². The minimum Gasteiger partial charge on any atom is -0.351 e. The van der Waals surface area contributed by atoms with Crippen molar-refractivity contribution in [2.45, 2.75) is 26.3 Å². The van der Waals surface area contributed by atoms with E-state index in [1.807, 2.05) is 38.2 Å². The van der Waals surface area contributed by atoms with E-state index < -0.39 is 0 Å². The number of carbonyl (C=O) groups is 2. The Bertz CT molecular complexity index is 760. The van der Waals surface area contributed by atoms with Gasteiger partial charge < -0.3 is 15.5 Å². The number of benzene rings is 2. The highest BCUT2D eigenvalue weighted by atomic mass is 19.1. The topological polar surface area (TPSA) is 62.6 Å². The number of quaternary nitrogens is 1. The summed E-state index contributed by atoms with van der Waals surface area (Å²) in [7, 11) is 1.82. The molecule has 0 heterocycles. The van der Waals surface area contributed by atoms with Crippen molar-refractivity contribution in [3.05, 3.63) is 65.5 Å². The lowest BCUT2D eigenvalue weighted by Crippen LogP contribution is -3.15. The van der Waals surface area contributed by atoms with Crippen LogP contribution in [0.25, 0.3) is 0 Å². The Balaban J connectivity index is 1.74.